The Morgan fingerprint density at radius 2 is 2.05 bits per heavy atom. The van der Waals surface area contributed by atoms with Crippen LogP contribution in [0.15, 0.2) is 29.2 Å². The molecule has 114 valence electrons. The number of sulfone groups is 1. The summed E-state index contributed by atoms with van der Waals surface area (Å²) in [5.41, 5.74) is 0.408. The van der Waals surface area contributed by atoms with E-state index in [1.54, 1.807) is 6.07 Å². The number of aromatic amines is 1. The van der Waals surface area contributed by atoms with Crippen LogP contribution < -0.4 is 5.32 Å². The van der Waals surface area contributed by atoms with Gasteiger partial charge in [0.15, 0.2) is 15.7 Å². The summed E-state index contributed by atoms with van der Waals surface area (Å²) in [5, 5.41) is 8.06. The Balaban J connectivity index is 2.22. The lowest BCUT2D eigenvalue weighted by atomic mass is 10.2. The van der Waals surface area contributed by atoms with Gasteiger partial charge < -0.3 is 5.32 Å². The van der Waals surface area contributed by atoms with E-state index in [1.807, 2.05) is 5.32 Å². The number of hydrogen-bond donors (Lipinski definition) is 2. The lowest BCUT2D eigenvalue weighted by molar-refractivity contribution is -0.115. The van der Waals surface area contributed by atoms with Crippen molar-refractivity contribution in [2.24, 2.45) is 0 Å². The van der Waals surface area contributed by atoms with Gasteiger partial charge in [0.2, 0.25) is 5.95 Å². The maximum absolute atomic E-state index is 12.1. The van der Waals surface area contributed by atoms with Crippen LogP contribution >= 0.6 is 0 Å². The van der Waals surface area contributed by atoms with Crippen LogP contribution in [-0.4, -0.2) is 42.6 Å². The average molecular weight is 320 g/mol. The van der Waals surface area contributed by atoms with Crippen LogP contribution in [0.3, 0.4) is 0 Å². The first kappa shape index (κ1) is 15.3. The molecule has 0 saturated heterocycles. The van der Waals surface area contributed by atoms with E-state index in [-0.39, 0.29) is 16.7 Å². The molecule has 0 aliphatic heterocycles. The first-order valence-electron chi connectivity index (χ1n) is 5.69. The number of H-pyrrole nitrogens is 1. The zero-order valence-corrected chi connectivity index (χ0v) is 11.6. The fourth-order valence-electron chi connectivity index (χ4n) is 1.52. The Labute approximate surface area is 118 Å². The highest BCUT2D eigenvalue weighted by Gasteiger charge is 2.27. The minimum atomic E-state index is -4.38. The lowest BCUT2D eigenvalue weighted by Gasteiger charge is -2.05. The molecule has 0 aliphatic carbocycles. The van der Waals surface area contributed by atoms with E-state index in [9.17, 15) is 21.6 Å². The van der Waals surface area contributed by atoms with Crippen molar-refractivity contribution < 1.29 is 21.6 Å². The van der Waals surface area contributed by atoms with E-state index in [4.69, 9.17) is 0 Å². The van der Waals surface area contributed by atoms with Crippen molar-refractivity contribution in [3.63, 3.8) is 0 Å². The maximum Gasteiger partial charge on any atom is 0.405 e. The van der Waals surface area contributed by atoms with Crippen molar-refractivity contribution in [3.8, 4) is 11.4 Å². The van der Waals surface area contributed by atoms with Gasteiger partial charge in [-0.05, 0) is 12.1 Å². The molecule has 0 fully saturated rings. The highest BCUT2D eigenvalue weighted by Crippen LogP contribution is 2.21. The summed E-state index contributed by atoms with van der Waals surface area (Å²) in [5.74, 6) is -0.0442. The summed E-state index contributed by atoms with van der Waals surface area (Å²) in [7, 11) is -3.38. The van der Waals surface area contributed by atoms with Gasteiger partial charge in [0.25, 0.3) is 0 Å². The van der Waals surface area contributed by atoms with E-state index >= 15 is 0 Å². The topological polar surface area (TPSA) is 87.7 Å². The lowest BCUT2D eigenvalue weighted by Crippen LogP contribution is -2.21. The molecular weight excluding hydrogens is 309 g/mol. The minimum absolute atomic E-state index is 0.0844. The molecule has 2 N–H and O–H groups in total. The van der Waals surface area contributed by atoms with Crippen molar-refractivity contribution in [2.45, 2.75) is 11.1 Å². The van der Waals surface area contributed by atoms with E-state index < -0.39 is 22.6 Å². The summed E-state index contributed by atoms with van der Waals surface area (Å²) < 4.78 is 59.1. The smallest absolute Gasteiger partial charge is 0.344 e. The number of alkyl halides is 3. The Morgan fingerprint density at radius 1 is 1.33 bits per heavy atom. The zero-order chi connectivity index (χ0) is 15.7. The standard InChI is InChI=1S/C11H11F3N4O2S/c1-21(19,20)8-4-2-3-7(5-8)9-16-10(18-17-9)15-6-11(12,13)14/h2-5H,6H2,1H3,(H2,15,16,17,18). The fraction of sp³-hybridized carbons (Fsp3) is 0.273. The molecule has 0 aliphatic rings. The van der Waals surface area contributed by atoms with Gasteiger partial charge in [-0.15, -0.1) is 5.10 Å². The Hall–Kier alpha value is -2.10. The molecule has 0 saturated carbocycles. The zero-order valence-electron chi connectivity index (χ0n) is 10.8. The molecule has 21 heavy (non-hydrogen) atoms. The Kier molecular flexibility index (Phi) is 3.90. The number of benzene rings is 1. The Morgan fingerprint density at radius 3 is 2.67 bits per heavy atom. The highest BCUT2D eigenvalue weighted by atomic mass is 32.2. The molecule has 10 heteroatoms. The maximum atomic E-state index is 12.1. The molecule has 0 radical (unpaired) electrons. The van der Waals surface area contributed by atoms with Crippen LogP contribution in [-0.2, 0) is 9.84 Å². The summed E-state index contributed by atoms with van der Waals surface area (Å²) in [4.78, 5) is 3.92. The van der Waals surface area contributed by atoms with Gasteiger partial charge in [-0.1, -0.05) is 12.1 Å². The second-order valence-electron chi connectivity index (χ2n) is 4.28. The monoisotopic (exact) mass is 320 g/mol. The number of rotatable bonds is 4. The van der Waals surface area contributed by atoms with Crippen molar-refractivity contribution in [1.82, 2.24) is 15.2 Å². The van der Waals surface area contributed by atoms with E-state index in [1.165, 1.54) is 18.2 Å². The Bertz CT molecular complexity index is 740. The van der Waals surface area contributed by atoms with Crippen molar-refractivity contribution in [2.75, 3.05) is 18.1 Å². The number of nitrogens with zero attached hydrogens (tertiary/aromatic N) is 2. The van der Waals surface area contributed by atoms with Crippen LogP contribution in [0.2, 0.25) is 0 Å². The molecule has 2 aromatic rings. The summed E-state index contributed by atoms with van der Waals surface area (Å²) in [6.45, 7) is -1.26. The number of hydrogen-bond acceptors (Lipinski definition) is 5. The van der Waals surface area contributed by atoms with E-state index in [2.05, 4.69) is 15.2 Å². The molecular formula is C11H11F3N4O2S. The van der Waals surface area contributed by atoms with Gasteiger partial charge in [0.05, 0.1) is 4.90 Å². The van der Waals surface area contributed by atoms with Crippen molar-refractivity contribution in [3.05, 3.63) is 24.3 Å². The number of aromatic nitrogens is 3. The van der Waals surface area contributed by atoms with E-state index in [0.717, 1.165) is 6.26 Å². The summed E-state index contributed by atoms with van der Waals surface area (Å²) in [6, 6.07) is 5.86. The number of halogens is 3. The highest BCUT2D eigenvalue weighted by molar-refractivity contribution is 7.90. The number of nitrogens with one attached hydrogen (secondary N) is 2. The quantitative estimate of drug-likeness (QED) is 0.897. The molecule has 0 amide bonds. The fourth-order valence-corrected chi connectivity index (χ4v) is 2.19. The van der Waals surface area contributed by atoms with Gasteiger partial charge in [0, 0.05) is 11.8 Å². The van der Waals surface area contributed by atoms with Gasteiger partial charge in [0.1, 0.15) is 6.54 Å². The minimum Gasteiger partial charge on any atom is -0.344 e. The first-order valence-corrected chi connectivity index (χ1v) is 7.58. The average Bonchev–Trinajstić information content (AvgIpc) is 2.83. The molecule has 0 unspecified atom stereocenters. The molecule has 2 rings (SSSR count). The predicted octanol–water partition coefficient (Wildman–Crippen LogP) is 1.85. The van der Waals surface area contributed by atoms with Crippen LogP contribution in [0.5, 0.6) is 0 Å². The third-order valence-electron chi connectivity index (χ3n) is 2.47. The normalized spacial score (nSPS) is 12.4. The third kappa shape index (κ3) is 4.18. The number of anilines is 1. The molecule has 1 aromatic heterocycles. The van der Waals surface area contributed by atoms with Gasteiger partial charge in [-0.25, -0.2) is 8.42 Å². The van der Waals surface area contributed by atoms with Crippen LogP contribution in [0, 0.1) is 0 Å². The second kappa shape index (κ2) is 5.35. The van der Waals surface area contributed by atoms with Gasteiger partial charge >= 0.3 is 6.18 Å². The summed E-state index contributed by atoms with van der Waals surface area (Å²) in [6.07, 6.45) is -3.32. The largest absolute Gasteiger partial charge is 0.405 e. The second-order valence-corrected chi connectivity index (χ2v) is 6.29. The van der Waals surface area contributed by atoms with Crippen molar-refractivity contribution >= 4 is 15.8 Å². The van der Waals surface area contributed by atoms with E-state index in [0.29, 0.717) is 5.56 Å². The molecule has 0 bridgehead atoms. The molecule has 0 atom stereocenters. The molecule has 6 nitrogen and oxygen atoms in total. The van der Waals surface area contributed by atoms with Crippen LogP contribution in [0.4, 0.5) is 19.1 Å². The third-order valence-corrected chi connectivity index (χ3v) is 3.58. The van der Waals surface area contributed by atoms with Crippen LogP contribution in [0.25, 0.3) is 11.4 Å². The van der Waals surface area contributed by atoms with Gasteiger partial charge in [-0.3, -0.25) is 5.10 Å². The first-order chi connectivity index (χ1) is 9.65. The molecule has 1 heterocycles. The SMILES string of the molecule is CS(=O)(=O)c1cccc(-c2nc(NCC(F)(F)F)n[nH]2)c1. The molecule has 0 spiro atoms. The predicted molar refractivity (Wildman–Crippen MR) is 69.5 cm³/mol. The van der Waals surface area contributed by atoms with Crippen molar-refractivity contribution in [1.29, 1.82) is 0 Å². The molecule has 1 aromatic carbocycles. The van der Waals surface area contributed by atoms with Crippen LogP contribution in [0.1, 0.15) is 0 Å². The van der Waals surface area contributed by atoms with Gasteiger partial charge in [-0.2, -0.15) is 18.2 Å². The summed E-state index contributed by atoms with van der Waals surface area (Å²) >= 11 is 0.